The average molecular weight is 221 g/mol. The third kappa shape index (κ3) is 3.66. The van der Waals surface area contributed by atoms with Gasteiger partial charge in [0, 0.05) is 6.54 Å². The highest BCUT2D eigenvalue weighted by Crippen LogP contribution is 2.09. The Balaban J connectivity index is 2.60. The van der Waals surface area contributed by atoms with Crippen LogP contribution in [0.1, 0.15) is 35.7 Å². The Morgan fingerprint density at radius 2 is 2.12 bits per heavy atom. The zero-order chi connectivity index (χ0) is 11.8. The van der Waals surface area contributed by atoms with Crippen molar-refractivity contribution in [2.24, 2.45) is 0 Å². The average Bonchev–Trinajstić information content (AvgIpc) is 2.34. The fourth-order valence-electron chi connectivity index (χ4n) is 1.51. The molecule has 0 aromatic heterocycles. The fraction of sp³-hybridized carbons (Fsp3) is 0.462. The lowest BCUT2D eigenvalue weighted by Crippen LogP contribution is -2.17. The van der Waals surface area contributed by atoms with Crippen molar-refractivity contribution in [3.63, 3.8) is 0 Å². The van der Waals surface area contributed by atoms with Crippen LogP contribution >= 0.6 is 0 Å². The number of benzene rings is 1. The van der Waals surface area contributed by atoms with E-state index >= 15 is 0 Å². The molecule has 0 spiro atoms. The molecular formula is C13H19NO2. The van der Waals surface area contributed by atoms with Crippen molar-refractivity contribution in [3.05, 3.63) is 35.4 Å². The molecule has 1 aromatic carbocycles. The Labute approximate surface area is 96.8 Å². The van der Waals surface area contributed by atoms with Crippen LogP contribution in [-0.4, -0.2) is 19.6 Å². The second-order valence-corrected chi connectivity index (χ2v) is 3.68. The van der Waals surface area contributed by atoms with Gasteiger partial charge in [0.25, 0.3) is 0 Å². The zero-order valence-corrected chi connectivity index (χ0v) is 9.95. The molecule has 0 atom stereocenters. The van der Waals surface area contributed by atoms with E-state index in [1.807, 2.05) is 18.2 Å². The quantitative estimate of drug-likeness (QED) is 0.592. The molecule has 0 aliphatic rings. The molecule has 0 amide bonds. The summed E-state index contributed by atoms with van der Waals surface area (Å²) in [5.74, 6) is -0.270. The smallest absolute Gasteiger partial charge is 0.338 e. The van der Waals surface area contributed by atoms with Crippen LogP contribution in [0.15, 0.2) is 24.3 Å². The van der Waals surface area contributed by atoms with Gasteiger partial charge in [0.05, 0.1) is 12.7 Å². The summed E-state index contributed by atoms with van der Waals surface area (Å²) in [5, 5.41) is 3.31. The molecule has 0 fully saturated rings. The van der Waals surface area contributed by atoms with E-state index in [-0.39, 0.29) is 5.97 Å². The number of carbonyl (C=O) groups excluding carboxylic acids is 1. The third-order valence-electron chi connectivity index (χ3n) is 2.45. The Kier molecular flexibility index (Phi) is 5.57. The number of hydrogen-bond acceptors (Lipinski definition) is 3. The van der Waals surface area contributed by atoms with Crippen molar-refractivity contribution in [2.75, 3.05) is 13.7 Å². The summed E-state index contributed by atoms with van der Waals surface area (Å²) in [6, 6.07) is 7.53. The molecule has 0 saturated heterocycles. The molecule has 0 heterocycles. The molecule has 0 radical (unpaired) electrons. The van der Waals surface area contributed by atoms with Crippen LogP contribution in [0, 0.1) is 0 Å². The van der Waals surface area contributed by atoms with Crippen molar-refractivity contribution in [1.29, 1.82) is 0 Å². The molecule has 0 unspecified atom stereocenters. The van der Waals surface area contributed by atoms with E-state index < -0.39 is 0 Å². The summed E-state index contributed by atoms with van der Waals surface area (Å²) in [6.07, 6.45) is 2.33. The maximum Gasteiger partial charge on any atom is 0.338 e. The minimum absolute atomic E-state index is 0.270. The van der Waals surface area contributed by atoms with Gasteiger partial charge in [-0.2, -0.15) is 0 Å². The first-order valence-corrected chi connectivity index (χ1v) is 5.66. The monoisotopic (exact) mass is 221 g/mol. The van der Waals surface area contributed by atoms with Crippen LogP contribution in [0.25, 0.3) is 0 Å². The van der Waals surface area contributed by atoms with Crippen LogP contribution < -0.4 is 5.32 Å². The second-order valence-electron chi connectivity index (χ2n) is 3.68. The lowest BCUT2D eigenvalue weighted by atomic mass is 10.1. The molecular weight excluding hydrogens is 202 g/mol. The number of rotatable bonds is 6. The minimum Gasteiger partial charge on any atom is -0.465 e. The second kappa shape index (κ2) is 7.01. The highest BCUT2D eigenvalue weighted by atomic mass is 16.5. The van der Waals surface area contributed by atoms with E-state index in [0.717, 1.165) is 18.5 Å². The number of methoxy groups -OCH3 is 1. The van der Waals surface area contributed by atoms with E-state index in [9.17, 15) is 4.79 Å². The molecule has 1 N–H and O–H groups in total. The summed E-state index contributed by atoms with van der Waals surface area (Å²) < 4.78 is 4.74. The SMILES string of the molecule is CCCCNCc1ccccc1C(=O)OC. The van der Waals surface area contributed by atoms with E-state index in [4.69, 9.17) is 4.74 Å². The highest BCUT2D eigenvalue weighted by molar-refractivity contribution is 5.90. The van der Waals surface area contributed by atoms with Crippen LogP contribution in [0.3, 0.4) is 0 Å². The largest absolute Gasteiger partial charge is 0.465 e. The van der Waals surface area contributed by atoms with E-state index in [2.05, 4.69) is 12.2 Å². The predicted molar refractivity (Wildman–Crippen MR) is 64.4 cm³/mol. The third-order valence-corrected chi connectivity index (χ3v) is 2.45. The molecule has 0 bridgehead atoms. The lowest BCUT2D eigenvalue weighted by molar-refractivity contribution is 0.0599. The van der Waals surface area contributed by atoms with E-state index in [1.54, 1.807) is 6.07 Å². The van der Waals surface area contributed by atoms with Gasteiger partial charge >= 0.3 is 5.97 Å². The van der Waals surface area contributed by atoms with Crippen LogP contribution in [0.4, 0.5) is 0 Å². The molecule has 1 rings (SSSR count). The van der Waals surface area contributed by atoms with Crippen LogP contribution in [0.5, 0.6) is 0 Å². The van der Waals surface area contributed by atoms with Crippen molar-refractivity contribution in [3.8, 4) is 0 Å². The molecule has 3 heteroatoms. The van der Waals surface area contributed by atoms with Crippen LogP contribution in [0.2, 0.25) is 0 Å². The number of ether oxygens (including phenoxy) is 1. The fourth-order valence-corrected chi connectivity index (χ4v) is 1.51. The molecule has 0 aliphatic heterocycles. The normalized spacial score (nSPS) is 10.1. The first kappa shape index (κ1) is 12.7. The van der Waals surface area contributed by atoms with Gasteiger partial charge in [0.1, 0.15) is 0 Å². The zero-order valence-electron chi connectivity index (χ0n) is 9.95. The topological polar surface area (TPSA) is 38.3 Å². The van der Waals surface area contributed by atoms with Crippen molar-refractivity contribution < 1.29 is 9.53 Å². The number of unbranched alkanes of at least 4 members (excludes halogenated alkanes) is 1. The van der Waals surface area contributed by atoms with Gasteiger partial charge in [-0.05, 0) is 24.6 Å². The Morgan fingerprint density at radius 1 is 1.38 bits per heavy atom. The first-order chi connectivity index (χ1) is 7.79. The summed E-state index contributed by atoms with van der Waals surface area (Å²) in [6.45, 7) is 3.85. The minimum atomic E-state index is -0.270. The van der Waals surface area contributed by atoms with Gasteiger partial charge in [-0.25, -0.2) is 4.79 Å². The molecule has 0 saturated carbocycles. The van der Waals surface area contributed by atoms with E-state index in [1.165, 1.54) is 13.5 Å². The Hall–Kier alpha value is -1.35. The van der Waals surface area contributed by atoms with Gasteiger partial charge in [-0.15, -0.1) is 0 Å². The molecule has 0 aliphatic carbocycles. The number of carbonyl (C=O) groups is 1. The Morgan fingerprint density at radius 3 is 2.81 bits per heavy atom. The highest BCUT2D eigenvalue weighted by Gasteiger charge is 2.09. The molecule has 1 aromatic rings. The van der Waals surface area contributed by atoms with Gasteiger partial charge in [-0.3, -0.25) is 0 Å². The van der Waals surface area contributed by atoms with Crippen LogP contribution in [-0.2, 0) is 11.3 Å². The number of nitrogens with one attached hydrogen (secondary N) is 1. The van der Waals surface area contributed by atoms with Gasteiger partial charge in [-0.1, -0.05) is 31.5 Å². The summed E-state index contributed by atoms with van der Waals surface area (Å²) in [4.78, 5) is 11.5. The molecule has 3 nitrogen and oxygen atoms in total. The number of hydrogen-bond donors (Lipinski definition) is 1. The summed E-state index contributed by atoms with van der Waals surface area (Å²) in [5.41, 5.74) is 1.64. The first-order valence-electron chi connectivity index (χ1n) is 5.66. The molecule has 16 heavy (non-hydrogen) atoms. The van der Waals surface area contributed by atoms with Gasteiger partial charge in [0.2, 0.25) is 0 Å². The van der Waals surface area contributed by atoms with Crippen molar-refractivity contribution in [1.82, 2.24) is 5.32 Å². The van der Waals surface area contributed by atoms with Crippen molar-refractivity contribution >= 4 is 5.97 Å². The van der Waals surface area contributed by atoms with Gasteiger partial charge < -0.3 is 10.1 Å². The van der Waals surface area contributed by atoms with E-state index in [0.29, 0.717) is 12.1 Å². The lowest BCUT2D eigenvalue weighted by Gasteiger charge is -2.08. The molecule has 88 valence electrons. The Bertz CT molecular complexity index is 336. The standard InChI is InChI=1S/C13H19NO2/c1-3-4-9-14-10-11-7-5-6-8-12(11)13(15)16-2/h5-8,14H,3-4,9-10H2,1-2H3. The number of esters is 1. The predicted octanol–water partition coefficient (Wildman–Crippen LogP) is 2.36. The summed E-state index contributed by atoms with van der Waals surface area (Å²) >= 11 is 0. The van der Waals surface area contributed by atoms with Crippen molar-refractivity contribution in [2.45, 2.75) is 26.3 Å². The maximum atomic E-state index is 11.5. The van der Waals surface area contributed by atoms with Gasteiger partial charge in [0.15, 0.2) is 0 Å². The summed E-state index contributed by atoms with van der Waals surface area (Å²) in [7, 11) is 1.41. The maximum absolute atomic E-state index is 11.5.